The van der Waals surface area contributed by atoms with Crippen molar-refractivity contribution in [3.05, 3.63) is 41.7 Å². The molecule has 0 aliphatic rings. The van der Waals surface area contributed by atoms with Gasteiger partial charge in [-0.25, -0.2) is 4.39 Å². The van der Waals surface area contributed by atoms with E-state index in [1.54, 1.807) is 36.0 Å². The standard InChI is InChI=1S/C11H12FN3O/c1-8-4-3-5-9(11(8)12)16-6-10-14-13-7-15(10)2/h3-5,7H,6H2,1-2H3. The van der Waals surface area contributed by atoms with Gasteiger partial charge in [0.15, 0.2) is 17.4 Å². The minimum Gasteiger partial charge on any atom is -0.483 e. The fourth-order valence-electron chi connectivity index (χ4n) is 1.31. The van der Waals surface area contributed by atoms with Crippen molar-refractivity contribution in [1.29, 1.82) is 0 Å². The van der Waals surface area contributed by atoms with Gasteiger partial charge in [0, 0.05) is 7.05 Å². The van der Waals surface area contributed by atoms with E-state index in [1.165, 1.54) is 0 Å². The van der Waals surface area contributed by atoms with Crippen LogP contribution >= 0.6 is 0 Å². The number of hydrogen-bond acceptors (Lipinski definition) is 3. The molecule has 2 aromatic rings. The summed E-state index contributed by atoms with van der Waals surface area (Å²) in [6, 6.07) is 5.05. The predicted octanol–water partition coefficient (Wildman–Crippen LogP) is 1.84. The average Bonchev–Trinajstić information content (AvgIpc) is 2.67. The van der Waals surface area contributed by atoms with E-state index in [0.717, 1.165) is 0 Å². The molecular formula is C11H12FN3O. The Bertz CT molecular complexity index is 496. The number of ether oxygens (including phenoxy) is 1. The van der Waals surface area contributed by atoms with Gasteiger partial charge in [0.05, 0.1) is 0 Å². The van der Waals surface area contributed by atoms with Crippen LogP contribution in [0.3, 0.4) is 0 Å². The molecule has 1 aromatic heterocycles. The molecule has 4 nitrogen and oxygen atoms in total. The molecule has 0 saturated heterocycles. The summed E-state index contributed by atoms with van der Waals surface area (Å²) in [7, 11) is 1.81. The Balaban J connectivity index is 2.11. The molecule has 0 amide bonds. The van der Waals surface area contributed by atoms with E-state index in [1.807, 2.05) is 7.05 Å². The molecule has 0 bridgehead atoms. The SMILES string of the molecule is Cc1cccc(OCc2nncn2C)c1F. The lowest BCUT2D eigenvalue weighted by atomic mass is 10.2. The molecule has 0 aliphatic heterocycles. The Labute approximate surface area is 92.7 Å². The summed E-state index contributed by atoms with van der Waals surface area (Å²) in [5.41, 5.74) is 0.565. The second kappa shape index (κ2) is 4.30. The lowest BCUT2D eigenvalue weighted by Crippen LogP contribution is -2.04. The second-order valence-corrected chi connectivity index (χ2v) is 3.53. The Hall–Kier alpha value is -1.91. The molecule has 1 aromatic carbocycles. The first kappa shape index (κ1) is 10.6. The molecule has 0 radical (unpaired) electrons. The Morgan fingerprint density at radius 3 is 2.94 bits per heavy atom. The summed E-state index contributed by atoms with van der Waals surface area (Å²) in [4.78, 5) is 0. The first-order valence-electron chi connectivity index (χ1n) is 4.89. The number of hydrogen-bond donors (Lipinski definition) is 0. The van der Waals surface area contributed by atoms with Crippen molar-refractivity contribution in [2.45, 2.75) is 13.5 Å². The maximum atomic E-state index is 13.6. The van der Waals surface area contributed by atoms with Crippen molar-refractivity contribution >= 4 is 0 Å². The van der Waals surface area contributed by atoms with Crippen LogP contribution < -0.4 is 4.74 Å². The van der Waals surface area contributed by atoms with E-state index in [2.05, 4.69) is 10.2 Å². The fraction of sp³-hybridized carbons (Fsp3) is 0.273. The van der Waals surface area contributed by atoms with Crippen molar-refractivity contribution in [3.8, 4) is 5.75 Å². The van der Waals surface area contributed by atoms with Crippen LogP contribution in [-0.4, -0.2) is 14.8 Å². The third-order valence-electron chi connectivity index (χ3n) is 2.32. The molecule has 0 saturated carbocycles. The molecule has 0 aliphatic carbocycles. The van der Waals surface area contributed by atoms with Crippen molar-refractivity contribution in [3.63, 3.8) is 0 Å². The topological polar surface area (TPSA) is 39.9 Å². The van der Waals surface area contributed by atoms with Crippen LogP contribution in [0.4, 0.5) is 4.39 Å². The van der Waals surface area contributed by atoms with Crippen molar-refractivity contribution in [2.24, 2.45) is 7.05 Å². The average molecular weight is 221 g/mol. The molecular weight excluding hydrogens is 209 g/mol. The number of halogens is 1. The summed E-state index contributed by atoms with van der Waals surface area (Å²) in [5, 5.41) is 7.56. The van der Waals surface area contributed by atoms with Crippen LogP contribution in [0.25, 0.3) is 0 Å². The van der Waals surface area contributed by atoms with Gasteiger partial charge < -0.3 is 9.30 Å². The van der Waals surface area contributed by atoms with Gasteiger partial charge in [-0.1, -0.05) is 12.1 Å². The number of benzene rings is 1. The highest BCUT2D eigenvalue weighted by atomic mass is 19.1. The van der Waals surface area contributed by atoms with Crippen LogP contribution in [0.5, 0.6) is 5.75 Å². The molecule has 0 fully saturated rings. The summed E-state index contributed by atoms with van der Waals surface area (Å²) < 4.78 is 20.6. The summed E-state index contributed by atoms with van der Waals surface area (Å²) in [6.07, 6.45) is 1.57. The van der Waals surface area contributed by atoms with E-state index >= 15 is 0 Å². The van der Waals surface area contributed by atoms with Crippen molar-refractivity contribution in [2.75, 3.05) is 0 Å². The third kappa shape index (κ3) is 2.03. The highest BCUT2D eigenvalue weighted by Gasteiger charge is 2.07. The molecule has 2 rings (SSSR count). The van der Waals surface area contributed by atoms with E-state index in [4.69, 9.17) is 4.74 Å². The van der Waals surface area contributed by atoms with Gasteiger partial charge in [0.2, 0.25) is 0 Å². The van der Waals surface area contributed by atoms with Crippen molar-refractivity contribution < 1.29 is 9.13 Å². The normalized spacial score (nSPS) is 10.4. The number of aromatic nitrogens is 3. The van der Waals surface area contributed by atoms with Crippen LogP contribution in [0.15, 0.2) is 24.5 Å². The van der Waals surface area contributed by atoms with Gasteiger partial charge in [0.25, 0.3) is 0 Å². The lowest BCUT2D eigenvalue weighted by Gasteiger charge is -2.07. The van der Waals surface area contributed by atoms with Gasteiger partial charge in [-0.15, -0.1) is 10.2 Å². The monoisotopic (exact) mass is 221 g/mol. The molecule has 1 heterocycles. The van der Waals surface area contributed by atoms with Gasteiger partial charge in [-0.2, -0.15) is 0 Å². The second-order valence-electron chi connectivity index (χ2n) is 3.53. The van der Waals surface area contributed by atoms with E-state index < -0.39 is 0 Å². The quantitative estimate of drug-likeness (QED) is 0.794. The predicted molar refractivity (Wildman–Crippen MR) is 56.5 cm³/mol. The highest BCUT2D eigenvalue weighted by molar-refractivity contribution is 5.30. The smallest absolute Gasteiger partial charge is 0.170 e. The molecule has 5 heteroatoms. The van der Waals surface area contributed by atoms with Crippen LogP contribution in [-0.2, 0) is 13.7 Å². The minimum absolute atomic E-state index is 0.205. The van der Waals surface area contributed by atoms with Crippen LogP contribution in [0.1, 0.15) is 11.4 Å². The zero-order valence-electron chi connectivity index (χ0n) is 9.14. The number of nitrogens with zero attached hydrogens (tertiary/aromatic N) is 3. The van der Waals surface area contributed by atoms with E-state index in [9.17, 15) is 4.39 Å². The van der Waals surface area contributed by atoms with Gasteiger partial charge in [-0.05, 0) is 18.6 Å². The molecule has 84 valence electrons. The Kier molecular flexibility index (Phi) is 2.85. The summed E-state index contributed by atoms with van der Waals surface area (Å²) in [6.45, 7) is 1.90. The fourth-order valence-corrected chi connectivity index (χ4v) is 1.31. The number of aryl methyl sites for hydroxylation is 2. The molecule has 0 atom stereocenters. The van der Waals surface area contributed by atoms with Gasteiger partial charge in [-0.3, -0.25) is 0 Å². The van der Waals surface area contributed by atoms with E-state index in [-0.39, 0.29) is 18.2 Å². The zero-order chi connectivity index (χ0) is 11.5. The van der Waals surface area contributed by atoms with Gasteiger partial charge in [0.1, 0.15) is 12.9 Å². The highest BCUT2D eigenvalue weighted by Crippen LogP contribution is 2.20. The van der Waals surface area contributed by atoms with Crippen molar-refractivity contribution in [1.82, 2.24) is 14.8 Å². The minimum atomic E-state index is -0.329. The summed E-state index contributed by atoms with van der Waals surface area (Å²) in [5.74, 6) is 0.563. The lowest BCUT2D eigenvalue weighted by molar-refractivity contribution is 0.276. The first-order valence-corrected chi connectivity index (χ1v) is 4.89. The molecule has 16 heavy (non-hydrogen) atoms. The van der Waals surface area contributed by atoms with Crippen LogP contribution in [0, 0.1) is 12.7 Å². The third-order valence-corrected chi connectivity index (χ3v) is 2.32. The van der Waals surface area contributed by atoms with Gasteiger partial charge >= 0.3 is 0 Å². The number of rotatable bonds is 3. The summed E-state index contributed by atoms with van der Waals surface area (Å²) >= 11 is 0. The Morgan fingerprint density at radius 1 is 1.44 bits per heavy atom. The Morgan fingerprint density at radius 2 is 2.25 bits per heavy atom. The largest absolute Gasteiger partial charge is 0.483 e. The van der Waals surface area contributed by atoms with E-state index in [0.29, 0.717) is 11.4 Å². The van der Waals surface area contributed by atoms with Crippen LogP contribution in [0.2, 0.25) is 0 Å². The zero-order valence-corrected chi connectivity index (χ0v) is 9.14. The first-order chi connectivity index (χ1) is 7.68. The molecule has 0 spiro atoms. The maximum absolute atomic E-state index is 13.6. The molecule has 0 unspecified atom stereocenters. The maximum Gasteiger partial charge on any atom is 0.170 e. The molecule has 0 N–H and O–H groups in total.